The SMILES string of the molecule is CC(=O)c1ccc(NC(=O)COC(=O)c2cc(F)c(Cl)cc2Cl)cc1. The van der Waals surface area contributed by atoms with E-state index in [0.29, 0.717) is 11.3 Å². The number of carbonyl (C=O) groups is 3. The Bertz CT molecular complexity index is 837. The zero-order chi connectivity index (χ0) is 18.6. The molecule has 0 aliphatic heterocycles. The molecule has 25 heavy (non-hydrogen) atoms. The summed E-state index contributed by atoms with van der Waals surface area (Å²) in [4.78, 5) is 34.8. The fraction of sp³-hybridized carbons (Fsp3) is 0.118. The molecule has 0 aliphatic carbocycles. The van der Waals surface area contributed by atoms with Crippen LogP contribution in [0.1, 0.15) is 27.6 Å². The van der Waals surface area contributed by atoms with E-state index in [-0.39, 0.29) is 21.4 Å². The Morgan fingerprint density at radius 3 is 2.32 bits per heavy atom. The van der Waals surface area contributed by atoms with E-state index in [2.05, 4.69) is 5.32 Å². The summed E-state index contributed by atoms with van der Waals surface area (Å²) in [7, 11) is 0. The molecule has 0 saturated heterocycles. The van der Waals surface area contributed by atoms with Gasteiger partial charge in [0.25, 0.3) is 5.91 Å². The van der Waals surface area contributed by atoms with Crippen LogP contribution in [0.2, 0.25) is 10.0 Å². The third kappa shape index (κ3) is 5.01. The van der Waals surface area contributed by atoms with E-state index in [9.17, 15) is 18.8 Å². The molecule has 0 saturated carbocycles. The number of halogens is 3. The first-order valence-corrected chi connectivity index (χ1v) is 7.76. The van der Waals surface area contributed by atoms with E-state index in [0.717, 1.165) is 12.1 Å². The van der Waals surface area contributed by atoms with Crippen molar-refractivity contribution in [3.05, 3.63) is 63.4 Å². The second kappa shape index (κ2) is 8.09. The van der Waals surface area contributed by atoms with Gasteiger partial charge in [-0.25, -0.2) is 9.18 Å². The molecule has 0 aliphatic rings. The maximum atomic E-state index is 13.4. The van der Waals surface area contributed by atoms with Crippen molar-refractivity contribution < 1.29 is 23.5 Å². The first-order valence-electron chi connectivity index (χ1n) is 7.00. The molecule has 2 aromatic carbocycles. The number of carbonyl (C=O) groups excluding carboxylic acids is 3. The highest BCUT2D eigenvalue weighted by molar-refractivity contribution is 6.36. The van der Waals surface area contributed by atoms with Crippen LogP contribution < -0.4 is 5.32 Å². The summed E-state index contributed by atoms with van der Waals surface area (Å²) in [5.74, 6) is -2.48. The van der Waals surface area contributed by atoms with Crippen LogP contribution >= 0.6 is 23.2 Å². The Morgan fingerprint density at radius 2 is 1.72 bits per heavy atom. The molecule has 0 unspecified atom stereocenters. The Balaban J connectivity index is 1.94. The second-order valence-electron chi connectivity index (χ2n) is 5.00. The van der Waals surface area contributed by atoms with Gasteiger partial charge in [-0.2, -0.15) is 0 Å². The summed E-state index contributed by atoms with van der Waals surface area (Å²) in [5, 5.41) is 2.18. The third-order valence-corrected chi connectivity index (χ3v) is 3.74. The molecule has 0 aromatic heterocycles. The van der Waals surface area contributed by atoms with Gasteiger partial charge in [-0.3, -0.25) is 9.59 Å². The second-order valence-corrected chi connectivity index (χ2v) is 5.82. The van der Waals surface area contributed by atoms with Crippen LogP contribution in [0.25, 0.3) is 0 Å². The van der Waals surface area contributed by atoms with E-state index in [1.54, 1.807) is 24.3 Å². The van der Waals surface area contributed by atoms with Gasteiger partial charge in [-0.1, -0.05) is 23.2 Å². The summed E-state index contributed by atoms with van der Waals surface area (Å²) in [5.41, 5.74) is 0.702. The average molecular weight is 384 g/mol. The summed E-state index contributed by atoms with van der Waals surface area (Å²) in [6.07, 6.45) is 0. The molecule has 2 aromatic rings. The smallest absolute Gasteiger partial charge is 0.340 e. The number of nitrogens with one attached hydrogen (secondary N) is 1. The fourth-order valence-corrected chi connectivity index (χ4v) is 2.33. The number of rotatable bonds is 5. The molecule has 8 heteroatoms. The molecule has 0 spiro atoms. The highest BCUT2D eigenvalue weighted by Crippen LogP contribution is 2.24. The lowest BCUT2D eigenvalue weighted by Crippen LogP contribution is -2.21. The van der Waals surface area contributed by atoms with Gasteiger partial charge in [0.05, 0.1) is 15.6 Å². The van der Waals surface area contributed by atoms with Crippen molar-refractivity contribution in [1.29, 1.82) is 0 Å². The minimum Gasteiger partial charge on any atom is -0.452 e. The third-order valence-electron chi connectivity index (χ3n) is 3.14. The van der Waals surface area contributed by atoms with Gasteiger partial charge < -0.3 is 10.1 Å². The number of ketones is 1. The molecule has 5 nitrogen and oxygen atoms in total. The van der Waals surface area contributed by atoms with Crippen LogP contribution in [-0.2, 0) is 9.53 Å². The van der Waals surface area contributed by atoms with Crippen LogP contribution in [0.5, 0.6) is 0 Å². The Morgan fingerprint density at radius 1 is 1.08 bits per heavy atom. The molecule has 2 rings (SSSR count). The summed E-state index contributed by atoms with van der Waals surface area (Å²) < 4.78 is 18.2. The normalized spacial score (nSPS) is 10.2. The lowest BCUT2D eigenvalue weighted by Gasteiger charge is -2.08. The van der Waals surface area contributed by atoms with E-state index in [1.807, 2.05) is 0 Å². The minimum absolute atomic E-state index is 0.0865. The maximum Gasteiger partial charge on any atom is 0.340 e. The van der Waals surface area contributed by atoms with Crippen molar-refractivity contribution in [2.45, 2.75) is 6.92 Å². The number of anilines is 1. The van der Waals surface area contributed by atoms with E-state index in [1.165, 1.54) is 6.92 Å². The van der Waals surface area contributed by atoms with Crippen molar-refractivity contribution in [2.24, 2.45) is 0 Å². The van der Waals surface area contributed by atoms with Gasteiger partial charge in [-0.05, 0) is 43.3 Å². The minimum atomic E-state index is -0.956. The number of amides is 1. The van der Waals surface area contributed by atoms with E-state index >= 15 is 0 Å². The molecular formula is C17H12Cl2FNO4. The molecule has 0 radical (unpaired) electrons. The highest BCUT2D eigenvalue weighted by Gasteiger charge is 2.17. The van der Waals surface area contributed by atoms with Gasteiger partial charge in [0, 0.05) is 11.3 Å². The summed E-state index contributed by atoms with van der Waals surface area (Å²) >= 11 is 11.3. The standard InChI is InChI=1S/C17H12Cl2FNO4/c1-9(22)10-2-4-11(5-3-10)21-16(23)8-25-17(24)12-6-15(20)14(19)7-13(12)18/h2-7H,8H2,1H3,(H,21,23). The molecular weight excluding hydrogens is 372 g/mol. The van der Waals surface area contributed by atoms with Gasteiger partial charge >= 0.3 is 5.97 Å². The zero-order valence-corrected chi connectivity index (χ0v) is 14.4. The number of esters is 1. The Labute approximate surface area is 152 Å². The van der Waals surface area contributed by atoms with Crippen LogP contribution in [0, 0.1) is 5.82 Å². The van der Waals surface area contributed by atoms with Crippen LogP contribution in [0.15, 0.2) is 36.4 Å². The molecule has 130 valence electrons. The van der Waals surface area contributed by atoms with Gasteiger partial charge in [0.1, 0.15) is 5.82 Å². The van der Waals surface area contributed by atoms with Crippen molar-refractivity contribution in [3.63, 3.8) is 0 Å². The molecule has 0 heterocycles. The highest BCUT2D eigenvalue weighted by atomic mass is 35.5. The van der Waals surface area contributed by atoms with Crippen LogP contribution in [0.3, 0.4) is 0 Å². The lowest BCUT2D eigenvalue weighted by molar-refractivity contribution is -0.119. The quantitative estimate of drug-likeness (QED) is 0.478. The molecule has 0 bridgehead atoms. The molecule has 0 fully saturated rings. The van der Waals surface area contributed by atoms with Crippen molar-refractivity contribution in [3.8, 4) is 0 Å². The van der Waals surface area contributed by atoms with E-state index < -0.39 is 24.3 Å². The number of hydrogen-bond donors (Lipinski definition) is 1. The fourth-order valence-electron chi connectivity index (χ4n) is 1.87. The maximum absolute atomic E-state index is 13.4. The average Bonchev–Trinajstić information content (AvgIpc) is 2.56. The van der Waals surface area contributed by atoms with E-state index in [4.69, 9.17) is 27.9 Å². The number of benzene rings is 2. The van der Waals surface area contributed by atoms with Crippen molar-refractivity contribution in [1.82, 2.24) is 0 Å². The largest absolute Gasteiger partial charge is 0.452 e. The summed E-state index contributed by atoms with van der Waals surface area (Å²) in [6, 6.07) is 8.11. The monoisotopic (exact) mass is 383 g/mol. The molecule has 1 amide bonds. The van der Waals surface area contributed by atoms with Crippen molar-refractivity contribution in [2.75, 3.05) is 11.9 Å². The van der Waals surface area contributed by atoms with Gasteiger partial charge in [0.15, 0.2) is 12.4 Å². The zero-order valence-electron chi connectivity index (χ0n) is 12.9. The number of ether oxygens (including phenoxy) is 1. The number of Topliss-reactive ketones (excluding diaryl/α,β-unsaturated/α-hetero) is 1. The Hall–Kier alpha value is -2.44. The van der Waals surface area contributed by atoms with Gasteiger partial charge in [-0.15, -0.1) is 0 Å². The van der Waals surface area contributed by atoms with Crippen molar-refractivity contribution >= 4 is 46.5 Å². The van der Waals surface area contributed by atoms with Crippen LogP contribution in [0.4, 0.5) is 10.1 Å². The predicted molar refractivity (Wildman–Crippen MR) is 91.8 cm³/mol. The van der Waals surface area contributed by atoms with Crippen LogP contribution in [-0.4, -0.2) is 24.3 Å². The van der Waals surface area contributed by atoms with Gasteiger partial charge in [0.2, 0.25) is 0 Å². The Kier molecular flexibility index (Phi) is 6.12. The molecule has 0 atom stereocenters. The number of hydrogen-bond acceptors (Lipinski definition) is 4. The first kappa shape index (κ1) is 18.9. The summed E-state index contributed by atoms with van der Waals surface area (Å²) in [6.45, 7) is 0.839. The lowest BCUT2D eigenvalue weighted by atomic mass is 10.1. The predicted octanol–water partition coefficient (Wildman–Crippen LogP) is 4.13. The topological polar surface area (TPSA) is 72.5 Å². The first-order chi connectivity index (χ1) is 11.8. The molecule has 1 N–H and O–H groups in total.